The third-order valence-electron chi connectivity index (χ3n) is 6.85. The van der Waals surface area contributed by atoms with Crippen molar-refractivity contribution in [2.75, 3.05) is 40.3 Å². The van der Waals surface area contributed by atoms with Crippen molar-refractivity contribution in [1.29, 1.82) is 0 Å². The highest BCUT2D eigenvalue weighted by Crippen LogP contribution is 2.44. The van der Waals surface area contributed by atoms with E-state index in [1.165, 1.54) is 43.4 Å². The first-order valence-electron chi connectivity index (χ1n) is 11.1. The molecule has 2 aliphatic carbocycles. The normalized spacial score (nSPS) is 27.0. The minimum absolute atomic E-state index is 0. The van der Waals surface area contributed by atoms with Crippen LogP contribution in [0.4, 0.5) is 0 Å². The highest BCUT2D eigenvalue weighted by Gasteiger charge is 2.40. The summed E-state index contributed by atoms with van der Waals surface area (Å²) in [6.07, 6.45) is 7.88. The molecule has 1 aromatic heterocycles. The van der Waals surface area contributed by atoms with E-state index in [-0.39, 0.29) is 36.4 Å². The molecule has 2 bridgehead atoms. The van der Waals surface area contributed by atoms with Gasteiger partial charge in [-0.3, -0.25) is 9.69 Å². The van der Waals surface area contributed by atoms with Crippen molar-refractivity contribution in [2.24, 2.45) is 16.8 Å². The Hall–Kier alpha value is -0.870. The smallest absolute Gasteiger partial charge is 0.243 e. The molecule has 8 heteroatoms. The highest BCUT2D eigenvalue weighted by molar-refractivity contribution is 14.0. The lowest BCUT2D eigenvalue weighted by molar-refractivity contribution is -0.127. The minimum Gasteiger partial charge on any atom is -0.354 e. The van der Waals surface area contributed by atoms with Gasteiger partial charge >= 0.3 is 0 Å². The van der Waals surface area contributed by atoms with Crippen LogP contribution in [0.15, 0.2) is 22.5 Å². The number of hydrogen-bond donors (Lipinski definition) is 2. The Morgan fingerprint density at radius 3 is 2.70 bits per heavy atom. The average molecular weight is 546 g/mol. The number of carbonyl (C=O) groups is 1. The maximum atomic E-state index is 12.1. The molecule has 4 atom stereocenters. The summed E-state index contributed by atoms with van der Waals surface area (Å²) in [5, 5.41) is 9.45. The quantitative estimate of drug-likeness (QED) is 0.314. The van der Waals surface area contributed by atoms with Gasteiger partial charge in [0, 0.05) is 31.6 Å². The maximum absolute atomic E-state index is 12.1. The molecule has 2 saturated carbocycles. The molecular formula is C22H36IN5OS. The van der Waals surface area contributed by atoms with Crippen molar-refractivity contribution >= 4 is 47.2 Å². The molecule has 0 aromatic carbocycles. The van der Waals surface area contributed by atoms with E-state index in [0.29, 0.717) is 12.1 Å². The number of thiophene rings is 1. The van der Waals surface area contributed by atoms with Crippen LogP contribution in [0.5, 0.6) is 0 Å². The van der Waals surface area contributed by atoms with Crippen LogP contribution in [0.25, 0.3) is 0 Å². The van der Waals surface area contributed by atoms with Gasteiger partial charge in [-0.1, -0.05) is 12.5 Å². The molecule has 4 unspecified atom stereocenters. The third kappa shape index (κ3) is 5.88. The molecule has 2 heterocycles. The Morgan fingerprint density at radius 1 is 1.30 bits per heavy atom. The van der Waals surface area contributed by atoms with Crippen LogP contribution >= 0.6 is 35.3 Å². The lowest BCUT2D eigenvalue weighted by Crippen LogP contribution is -2.48. The average Bonchev–Trinajstić information content (AvgIpc) is 3.51. The molecule has 0 spiro atoms. The SMILES string of the molecule is CN(C)C(=O)CN=C(NCC(c1cccs1)N1CCCC1)NC1CC2CCC1C2.I. The van der Waals surface area contributed by atoms with E-state index in [9.17, 15) is 4.79 Å². The molecule has 3 fully saturated rings. The van der Waals surface area contributed by atoms with E-state index in [4.69, 9.17) is 0 Å². The molecule has 30 heavy (non-hydrogen) atoms. The summed E-state index contributed by atoms with van der Waals surface area (Å²) < 4.78 is 0. The standard InChI is InChI=1S/C22H35N5OS.HI/c1-26(2)21(28)15-24-22(25-18-13-16-7-8-17(18)12-16)23-14-19(20-6-5-11-29-20)27-9-3-4-10-27;/h5-6,11,16-19H,3-4,7-10,12-15H2,1-2H3,(H2,23,24,25);1H. The van der Waals surface area contributed by atoms with Gasteiger partial charge < -0.3 is 15.5 Å². The molecule has 4 rings (SSSR count). The molecule has 1 aliphatic heterocycles. The van der Waals surface area contributed by atoms with Gasteiger partial charge in [0.25, 0.3) is 0 Å². The zero-order chi connectivity index (χ0) is 20.2. The summed E-state index contributed by atoms with van der Waals surface area (Å²) in [5.74, 6) is 2.49. The molecular weight excluding hydrogens is 509 g/mol. The predicted octanol–water partition coefficient (Wildman–Crippen LogP) is 3.32. The first kappa shape index (κ1) is 23.8. The second-order valence-electron chi connectivity index (χ2n) is 9.03. The summed E-state index contributed by atoms with van der Waals surface area (Å²) in [4.78, 5) is 22.4. The van der Waals surface area contributed by atoms with Crippen LogP contribution in [-0.2, 0) is 4.79 Å². The summed E-state index contributed by atoms with van der Waals surface area (Å²) in [5.41, 5.74) is 0. The molecule has 6 nitrogen and oxygen atoms in total. The van der Waals surface area contributed by atoms with Crippen molar-refractivity contribution in [3.8, 4) is 0 Å². The van der Waals surface area contributed by atoms with E-state index >= 15 is 0 Å². The summed E-state index contributed by atoms with van der Waals surface area (Å²) in [6, 6.07) is 5.25. The van der Waals surface area contributed by atoms with Crippen LogP contribution in [0.1, 0.15) is 49.4 Å². The molecule has 2 N–H and O–H groups in total. The Morgan fingerprint density at radius 2 is 2.10 bits per heavy atom. The van der Waals surface area contributed by atoms with Gasteiger partial charge in [-0.15, -0.1) is 35.3 Å². The third-order valence-corrected chi connectivity index (χ3v) is 7.82. The van der Waals surface area contributed by atoms with E-state index < -0.39 is 0 Å². The Balaban J connectivity index is 0.00000256. The Bertz CT molecular complexity index is 704. The van der Waals surface area contributed by atoms with Crippen molar-refractivity contribution in [1.82, 2.24) is 20.4 Å². The van der Waals surface area contributed by atoms with Crippen LogP contribution in [0.2, 0.25) is 0 Å². The summed E-state index contributed by atoms with van der Waals surface area (Å²) in [7, 11) is 3.57. The number of likely N-dealkylation sites (tertiary alicyclic amines) is 1. The van der Waals surface area contributed by atoms with Gasteiger partial charge in [-0.2, -0.15) is 0 Å². The monoisotopic (exact) mass is 545 g/mol. The van der Waals surface area contributed by atoms with Gasteiger partial charge in [-0.05, 0) is 68.5 Å². The minimum atomic E-state index is 0. The number of hydrogen-bond acceptors (Lipinski definition) is 4. The predicted molar refractivity (Wildman–Crippen MR) is 135 cm³/mol. The van der Waals surface area contributed by atoms with Crippen molar-refractivity contribution < 1.29 is 4.79 Å². The Labute approximate surface area is 201 Å². The maximum Gasteiger partial charge on any atom is 0.243 e. The Kier molecular flexibility index (Phi) is 8.82. The van der Waals surface area contributed by atoms with Gasteiger partial charge in [0.2, 0.25) is 5.91 Å². The van der Waals surface area contributed by atoms with Crippen LogP contribution < -0.4 is 10.6 Å². The number of likely N-dealkylation sites (N-methyl/N-ethyl adjacent to an activating group) is 1. The first-order valence-corrected chi connectivity index (χ1v) is 12.0. The van der Waals surface area contributed by atoms with Crippen molar-refractivity contribution in [3.05, 3.63) is 22.4 Å². The van der Waals surface area contributed by atoms with Crippen LogP contribution in [0, 0.1) is 11.8 Å². The van der Waals surface area contributed by atoms with E-state index in [2.05, 4.69) is 38.0 Å². The number of aliphatic imine (C=N–C) groups is 1. The zero-order valence-corrected chi connectivity index (χ0v) is 21.3. The highest BCUT2D eigenvalue weighted by atomic mass is 127. The number of rotatable bonds is 7. The van der Waals surface area contributed by atoms with Gasteiger partial charge in [-0.25, -0.2) is 4.99 Å². The van der Waals surface area contributed by atoms with Crippen molar-refractivity contribution in [3.63, 3.8) is 0 Å². The number of halogens is 1. The van der Waals surface area contributed by atoms with E-state index in [0.717, 1.165) is 37.4 Å². The lowest BCUT2D eigenvalue weighted by atomic mass is 9.95. The van der Waals surface area contributed by atoms with E-state index in [1.807, 2.05) is 11.3 Å². The number of fused-ring (bicyclic) bond motifs is 2. The van der Waals surface area contributed by atoms with Gasteiger partial charge in [0.1, 0.15) is 6.54 Å². The van der Waals surface area contributed by atoms with Gasteiger partial charge in [0.15, 0.2) is 5.96 Å². The number of carbonyl (C=O) groups excluding carboxylic acids is 1. The largest absolute Gasteiger partial charge is 0.354 e. The summed E-state index contributed by atoms with van der Waals surface area (Å²) >= 11 is 1.83. The number of nitrogens with zero attached hydrogens (tertiary/aromatic N) is 3. The molecule has 168 valence electrons. The van der Waals surface area contributed by atoms with Crippen LogP contribution in [0.3, 0.4) is 0 Å². The molecule has 3 aliphatic rings. The van der Waals surface area contributed by atoms with Crippen molar-refractivity contribution in [2.45, 2.75) is 50.6 Å². The number of amides is 1. The number of nitrogens with one attached hydrogen (secondary N) is 2. The van der Waals surface area contributed by atoms with Crippen LogP contribution in [-0.4, -0.2) is 68.0 Å². The first-order chi connectivity index (χ1) is 14.1. The fourth-order valence-electron chi connectivity index (χ4n) is 5.17. The molecule has 1 aromatic rings. The van der Waals surface area contributed by atoms with E-state index in [1.54, 1.807) is 19.0 Å². The topological polar surface area (TPSA) is 60.0 Å². The fraction of sp³-hybridized carbons (Fsp3) is 0.727. The second-order valence-corrected chi connectivity index (χ2v) is 10.0. The van der Waals surface area contributed by atoms with Gasteiger partial charge in [0.05, 0.1) is 6.04 Å². The number of guanidine groups is 1. The summed E-state index contributed by atoms with van der Waals surface area (Å²) in [6.45, 7) is 3.34. The second kappa shape index (κ2) is 11.1. The lowest BCUT2D eigenvalue weighted by Gasteiger charge is -2.29. The molecule has 1 saturated heterocycles. The molecule has 0 radical (unpaired) electrons. The molecule has 1 amide bonds. The fourth-order valence-corrected chi connectivity index (χ4v) is 6.04. The zero-order valence-electron chi connectivity index (χ0n) is 18.2.